The Morgan fingerprint density at radius 3 is 1.61 bits per heavy atom. The summed E-state index contributed by atoms with van der Waals surface area (Å²) >= 11 is 0. The van der Waals surface area contributed by atoms with Gasteiger partial charge < -0.3 is 52.1 Å². The number of imidazole rings is 2. The Labute approximate surface area is 407 Å². The summed E-state index contributed by atoms with van der Waals surface area (Å²) in [5.41, 5.74) is 5.33. The third kappa shape index (κ3) is 15.3. The molecule has 0 amide bonds. The molecule has 1 aliphatic rings. The van der Waals surface area contributed by atoms with Crippen LogP contribution in [0.5, 0.6) is 5.75 Å². The topological polar surface area (TPSA) is 158 Å². The van der Waals surface area contributed by atoms with Crippen LogP contribution in [0.15, 0.2) is 60.7 Å². The maximum absolute atomic E-state index is 13.0. The van der Waals surface area contributed by atoms with E-state index in [0.29, 0.717) is 121 Å². The van der Waals surface area contributed by atoms with E-state index >= 15 is 0 Å². The van der Waals surface area contributed by atoms with Crippen molar-refractivity contribution in [3.63, 3.8) is 0 Å². The number of nitrogens with zero attached hydrogens (tertiary/aromatic N) is 8. The highest BCUT2D eigenvalue weighted by Gasteiger charge is 2.27. The third-order valence-corrected chi connectivity index (χ3v) is 13.3. The zero-order valence-corrected chi connectivity index (χ0v) is 42.2. The molecule has 1 saturated heterocycles. The summed E-state index contributed by atoms with van der Waals surface area (Å²) in [6, 6.07) is 19.7. The van der Waals surface area contributed by atoms with Crippen molar-refractivity contribution >= 4 is 48.1 Å². The van der Waals surface area contributed by atoms with Gasteiger partial charge in [0.15, 0.2) is 0 Å². The number of hydrogen-bond acceptors (Lipinski definition) is 15. The molecule has 0 bridgehead atoms. The predicted molar refractivity (Wildman–Crippen MR) is 268 cm³/mol. The molecule has 3 aromatic carbocycles. The lowest BCUT2D eigenvalue weighted by Crippen LogP contribution is -2.44. The lowest BCUT2D eigenvalue weighted by Gasteiger charge is -2.35. The molecule has 3 heterocycles. The quantitative estimate of drug-likeness (QED) is 0.0263. The molecule has 19 heteroatoms. The molecule has 5 aromatic rings. The third-order valence-electron chi connectivity index (χ3n) is 11.2. The van der Waals surface area contributed by atoms with Gasteiger partial charge in [0.1, 0.15) is 30.6 Å². The number of ether oxygens (including phenoxy) is 6. The molecule has 2 aromatic heterocycles. The molecule has 374 valence electrons. The van der Waals surface area contributed by atoms with Gasteiger partial charge in [-0.3, -0.25) is 18.7 Å². The second kappa shape index (κ2) is 27.5. The average Bonchev–Trinajstić information content (AvgIpc) is 3.91. The molecule has 0 spiro atoms. The summed E-state index contributed by atoms with van der Waals surface area (Å²) in [5, 5.41) is 0. The van der Waals surface area contributed by atoms with Crippen LogP contribution in [0.3, 0.4) is 0 Å². The Hall–Kier alpha value is -4.90. The first-order chi connectivity index (χ1) is 33.5. The van der Waals surface area contributed by atoms with E-state index < -0.39 is 8.53 Å². The lowest BCUT2D eigenvalue weighted by molar-refractivity contribution is -0.0144. The Bertz CT molecular complexity index is 2420. The number of likely N-dealkylation sites (N-methyl/N-ethyl adjacent to an activating group) is 1. The summed E-state index contributed by atoms with van der Waals surface area (Å²) in [5.74, 6) is 1.39. The molecule has 0 N–H and O–H groups in total. The Morgan fingerprint density at radius 1 is 0.623 bits per heavy atom. The van der Waals surface area contributed by atoms with Gasteiger partial charge in [-0.05, 0) is 95.4 Å². The minimum Gasteiger partial charge on any atom is -0.491 e. The maximum atomic E-state index is 13.0. The van der Waals surface area contributed by atoms with E-state index in [2.05, 4.69) is 66.2 Å². The van der Waals surface area contributed by atoms with Crippen molar-refractivity contribution in [2.24, 2.45) is 0 Å². The summed E-state index contributed by atoms with van der Waals surface area (Å²) in [7, 11) is 0.868. The average molecular weight is 973 g/mol. The fourth-order valence-corrected chi connectivity index (χ4v) is 9.52. The van der Waals surface area contributed by atoms with Crippen LogP contribution in [-0.2, 0) is 32.7 Å². The molecule has 0 saturated carbocycles. The largest absolute Gasteiger partial charge is 0.491 e. The molecule has 0 radical (unpaired) electrons. The van der Waals surface area contributed by atoms with E-state index in [4.69, 9.17) is 54.0 Å². The molecule has 1 unspecified atom stereocenters. The normalized spacial score (nSPS) is 13.9. The van der Waals surface area contributed by atoms with E-state index in [1.54, 1.807) is 16.1 Å². The zero-order valence-electron chi connectivity index (χ0n) is 41.3. The van der Waals surface area contributed by atoms with Crippen LogP contribution in [0.2, 0.25) is 0 Å². The van der Waals surface area contributed by atoms with Gasteiger partial charge in [0.05, 0.1) is 94.7 Å². The number of piperazine rings is 1. The van der Waals surface area contributed by atoms with Gasteiger partial charge in [-0.1, -0.05) is 0 Å². The molecular formula is C50H69N8O10P. The number of rotatable bonds is 29. The van der Waals surface area contributed by atoms with E-state index in [-0.39, 0.29) is 23.9 Å². The number of aromatic nitrogens is 4. The van der Waals surface area contributed by atoms with E-state index in [1.807, 2.05) is 48.5 Å². The minimum atomic E-state index is -1.27. The number of anilines is 1. The second-order valence-corrected chi connectivity index (χ2v) is 18.5. The van der Waals surface area contributed by atoms with Gasteiger partial charge >= 0.3 is 0 Å². The van der Waals surface area contributed by atoms with Crippen LogP contribution in [0.4, 0.5) is 5.69 Å². The number of hydrogen-bond donors (Lipinski definition) is 0. The first kappa shape index (κ1) is 53.5. The minimum absolute atomic E-state index is 0.139. The number of fused-ring (bicyclic) bond motifs is 2. The SMILES string of the molecule is [C-]#[N+]CCOP(OCCOCCOCCOCCOCCOCCOc1ccc(-c2nc3cc(-c4nc5cc(N6CCN(C)CC6)ccc5n4C(C)=O)ccc3n2C(C)=O)cc1)N(C(C)C)C(C)C. The van der Waals surface area contributed by atoms with E-state index in [0.717, 1.165) is 54.0 Å². The summed E-state index contributed by atoms with van der Waals surface area (Å²) in [4.78, 5) is 44.0. The number of benzene rings is 3. The fourth-order valence-electron chi connectivity index (χ4n) is 7.96. The highest BCUT2D eigenvalue weighted by Crippen LogP contribution is 2.45. The molecule has 1 fully saturated rings. The van der Waals surface area contributed by atoms with Crippen molar-refractivity contribution in [1.82, 2.24) is 28.7 Å². The van der Waals surface area contributed by atoms with E-state index in [9.17, 15) is 9.59 Å². The first-order valence-corrected chi connectivity index (χ1v) is 24.9. The van der Waals surface area contributed by atoms with Crippen LogP contribution in [0, 0.1) is 6.57 Å². The maximum Gasteiger partial charge on any atom is 0.259 e. The standard InChI is InChI=1S/C50H69N8O10P/c1-37(2)58(38(3)4)69(67-22-17-51-7)68-34-32-65-30-28-63-26-24-61-23-25-62-27-29-64-31-33-66-44-13-9-41(10-14-44)49-52-45-35-42(11-15-47(45)56(49)39(5)59)50-53-46-36-43(55-20-18-54(8)19-21-55)12-16-48(46)57(50)40(6)60/h9-16,35-38H,17-34H2,1-6,8H3. The summed E-state index contributed by atoms with van der Waals surface area (Å²) in [6.07, 6.45) is 0. The smallest absolute Gasteiger partial charge is 0.259 e. The molecule has 69 heavy (non-hydrogen) atoms. The van der Waals surface area contributed by atoms with Crippen LogP contribution < -0.4 is 9.64 Å². The van der Waals surface area contributed by atoms with Crippen molar-refractivity contribution < 1.29 is 47.1 Å². The van der Waals surface area contributed by atoms with Gasteiger partial charge in [-0.2, -0.15) is 0 Å². The Kier molecular flexibility index (Phi) is 21.3. The van der Waals surface area contributed by atoms with E-state index in [1.165, 1.54) is 6.92 Å². The molecule has 18 nitrogen and oxygen atoms in total. The van der Waals surface area contributed by atoms with Gasteiger partial charge in [0, 0.05) is 68.9 Å². The van der Waals surface area contributed by atoms with Crippen LogP contribution in [-0.4, -0.2) is 178 Å². The number of carbonyl (C=O) groups excluding carboxylic acids is 2. The first-order valence-electron chi connectivity index (χ1n) is 23.8. The summed E-state index contributed by atoms with van der Waals surface area (Å²) in [6.45, 7) is 28.1. The van der Waals surface area contributed by atoms with Crippen molar-refractivity contribution in [2.45, 2.75) is 53.6 Å². The van der Waals surface area contributed by atoms with Crippen molar-refractivity contribution in [3.8, 4) is 28.5 Å². The van der Waals surface area contributed by atoms with Gasteiger partial charge in [0.2, 0.25) is 18.4 Å². The number of carbonyl (C=O) groups is 2. The fraction of sp³-hybridized carbons (Fsp3) is 0.540. The molecule has 1 atom stereocenters. The van der Waals surface area contributed by atoms with Crippen molar-refractivity contribution in [3.05, 3.63) is 72.1 Å². The molecule has 6 rings (SSSR count). The highest BCUT2D eigenvalue weighted by molar-refractivity contribution is 7.44. The van der Waals surface area contributed by atoms with Crippen molar-refractivity contribution in [2.75, 3.05) is 131 Å². The van der Waals surface area contributed by atoms with Crippen molar-refractivity contribution in [1.29, 1.82) is 0 Å². The summed E-state index contributed by atoms with van der Waals surface area (Å²) < 4.78 is 51.4. The molecule has 0 aliphatic carbocycles. The second-order valence-electron chi connectivity index (χ2n) is 17.0. The van der Waals surface area contributed by atoms with Gasteiger partial charge in [0.25, 0.3) is 8.53 Å². The lowest BCUT2D eigenvalue weighted by atomic mass is 10.2. The zero-order chi connectivity index (χ0) is 49.1. The predicted octanol–water partition coefficient (Wildman–Crippen LogP) is 7.55. The monoisotopic (exact) mass is 972 g/mol. The Balaban J connectivity index is 0.856. The van der Waals surface area contributed by atoms with Crippen LogP contribution in [0.25, 0.3) is 49.7 Å². The highest BCUT2D eigenvalue weighted by atomic mass is 31.2. The van der Waals surface area contributed by atoms with Crippen LogP contribution in [0.1, 0.15) is 51.1 Å². The van der Waals surface area contributed by atoms with Gasteiger partial charge in [-0.25, -0.2) is 21.2 Å². The molecule has 1 aliphatic heterocycles. The van der Waals surface area contributed by atoms with Crippen LogP contribution >= 0.6 is 8.53 Å². The van der Waals surface area contributed by atoms with Gasteiger partial charge in [-0.15, -0.1) is 0 Å². The molecular weight excluding hydrogens is 904 g/mol. The Morgan fingerprint density at radius 2 is 1.09 bits per heavy atom.